The lowest BCUT2D eigenvalue weighted by atomic mass is 10.1. The van der Waals surface area contributed by atoms with Gasteiger partial charge in [0.1, 0.15) is 5.69 Å². The zero-order valence-electron chi connectivity index (χ0n) is 16.6. The molecule has 6 nitrogen and oxygen atoms in total. The predicted octanol–water partition coefficient (Wildman–Crippen LogP) is 4.25. The van der Waals surface area contributed by atoms with Gasteiger partial charge in [-0.1, -0.05) is 29.8 Å². The van der Waals surface area contributed by atoms with Crippen molar-refractivity contribution in [1.29, 1.82) is 0 Å². The van der Waals surface area contributed by atoms with Crippen molar-refractivity contribution in [1.82, 2.24) is 9.97 Å². The van der Waals surface area contributed by atoms with Gasteiger partial charge in [0.2, 0.25) is 5.95 Å². The number of nitrogens with one attached hydrogen (secondary N) is 2. The number of rotatable bonds is 6. The second-order valence-electron chi connectivity index (χ2n) is 7.30. The van der Waals surface area contributed by atoms with Crippen LogP contribution in [0.4, 0.5) is 17.3 Å². The first-order valence-electron chi connectivity index (χ1n) is 9.96. The maximum Gasteiger partial charge on any atom is 0.274 e. The van der Waals surface area contributed by atoms with Crippen LogP contribution in [0.2, 0.25) is 0 Å². The second-order valence-corrected chi connectivity index (χ2v) is 7.30. The molecule has 0 unspecified atom stereocenters. The van der Waals surface area contributed by atoms with Crippen molar-refractivity contribution in [3.63, 3.8) is 0 Å². The van der Waals surface area contributed by atoms with Crippen molar-refractivity contribution in [2.75, 3.05) is 28.6 Å². The van der Waals surface area contributed by atoms with Crippen LogP contribution in [0.25, 0.3) is 0 Å². The van der Waals surface area contributed by atoms with Crippen LogP contribution >= 0.6 is 0 Å². The average Bonchev–Trinajstić information content (AvgIpc) is 3.28. The molecule has 2 heterocycles. The largest absolute Gasteiger partial charge is 0.372 e. The highest BCUT2D eigenvalue weighted by atomic mass is 16.1. The average molecular weight is 387 g/mol. The number of anilines is 3. The molecule has 0 atom stereocenters. The highest BCUT2D eigenvalue weighted by Crippen LogP contribution is 2.22. The van der Waals surface area contributed by atoms with Crippen LogP contribution in [-0.2, 0) is 6.54 Å². The normalized spacial score (nSPS) is 13.3. The van der Waals surface area contributed by atoms with E-state index in [1.54, 1.807) is 12.3 Å². The summed E-state index contributed by atoms with van der Waals surface area (Å²) >= 11 is 0. The molecule has 0 bridgehead atoms. The molecule has 0 spiro atoms. The minimum absolute atomic E-state index is 0.250. The molecule has 0 aliphatic carbocycles. The molecule has 4 rings (SSSR count). The molecule has 0 saturated carbocycles. The van der Waals surface area contributed by atoms with Gasteiger partial charge < -0.3 is 15.5 Å². The summed E-state index contributed by atoms with van der Waals surface area (Å²) < 4.78 is 0. The molecule has 2 N–H and O–H groups in total. The van der Waals surface area contributed by atoms with E-state index >= 15 is 0 Å². The highest BCUT2D eigenvalue weighted by molar-refractivity contribution is 6.03. The predicted molar refractivity (Wildman–Crippen MR) is 116 cm³/mol. The number of carbonyl (C=O) groups excluding carboxylic acids is 1. The molecule has 1 fully saturated rings. The van der Waals surface area contributed by atoms with Crippen LogP contribution in [0.1, 0.15) is 34.5 Å². The maximum absolute atomic E-state index is 12.6. The van der Waals surface area contributed by atoms with Gasteiger partial charge in [0, 0.05) is 37.2 Å². The summed E-state index contributed by atoms with van der Waals surface area (Å²) in [6.45, 7) is 4.86. The Morgan fingerprint density at radius 1 is 1.07 bits per heavy atom. The summed E-state index contributed by atoms with van der Waals surface area (Å²) in [4.78, 5) is 23.5. The fraction of sp³-hybridized carbons (Fsp3) is 0.261. The minimum atomic E-state index is -0.250. The number of benzene rings is 2. The Hall–Kier alpha value is -3.41. The van der Waals surface area contributed by atoms with E-state index in [0.29, 0.717) is 18.2 Å². The summed E-state index contributed by atoms with van der Waals surface area (Å²) in [5.74, 6) is 0.184. The molecule has 1 aliphatic rings. The Bertz CT molecular complexity index is 981. The van der Waals surface area contributed by atoms with Gasteiger partial charge >= 0.3 is 0 Å². The topological polar surface area (TPSA) is 70.2 Å². The van der Waals surface area contributed by atoms with E-state index in [1.165, 1.54) is 24.1 Å². The van der Waals surface area contributed by atoms with E-state index < -0.39 is 0 Å². The summed E-state index contributed by atoms with van der Waals surface area (Å²) in [7, 11) is 0. The van der Waals surface area contributed by atoms with Crippen LogP contribution in [0, 0.1) is 6.92 Å². The quantitative estimate of drug-likeness (QED) is 0.662. The van der Waals surface area contributed by atoms with Gasteiger partial charge in [-0.05, 0) is 55.7 Å². The third-order valence-electron chi connectivity index (χ3n) is 5.02. The molecule has 1 aliphatic heterocycles. The number of hydrogen-bond donors (Lipinski definition) is 2. The molecule has 29 heavy (non-hydrogen) atoms. The number of hydrogen-bond acceptors (Lipinski definition) is 5. The molecular weight excluding hydrogens is 362 g/mol. The molecular formula is C23H25N5O. The van der Waals surface area contributed by atoms with Crippen LogP contribution in [0.3, 0.4) is 0 Å². The summed E-state index contributed by atoms with van der Waals surface area (Å²) in [6, 6.07) is 17.8. The summed E-state index contributed by atoms with van der Waals surface area (Å²) in [6.07, 6.45) is 4.08. The third kappa shape index (κ3) is 4.90. The fourth-order valence-electron chi connectivity index (χ4n) is 3.50. The molecule has 1 aromatic heterocycles. The van der Waals surface area contributed by atoms with Crippen LogP contribution in [0.15, 0.2) is 60.8 Å². The smallest absolute Gasteiger partial charge is 0.274 e. The standard InChI is InChI=1S/C23H25N5O/c1-17-5-4-6-18(15-17)16-25-23-24-12-11-21(27-23)22(29)26-19-7-9-20(10-8-19)28-13-2-3-14-28/h4-12,15H,2-3,13-14,16H2,1H3,(H,26,29)(H,24,25,27). The van der Waals surface area contributed by atoms with Gasteiger partial charge in [-0.3, -0.25) is 4.79 Å². The van der Waals surface area contributed by atoms with Gasteiger partial charge in [0.15, 0.2) is 0 Å². The molecule has 148 valence electrons. The van der Waals surface area contributed by atoms with Crippen molar-refractivity contribution in [2.45, 2.75) is 26.3 Å². The van der Waals surface area contributed by atoms with Crippen molar-refractivity contribution in [2.24, 2.45) is 0 Å². The SMILES string of the molecule is Cc1cccc(CNc2nccc(C(=O)Nc3ccc(N4CCCC4)cc3)n2)c1. The van der Waals surface area contributed by atoms with Crippen LogP contribution in [0.5, 0.6) is 0 Å². The van der Waals surface area contributed by atoms with Crippen molar-refractivity contribution < 1.29 is 4.79 Å². The van der Waals surface area contributed by atoms with Gasteiger partial charge in [0.25, 0.3) is 5.91 Å². The number of amides is 1. The molecule has 6 heteroatoms. The van der Waals surface area contributed by atoms with Gasteiger partial charge in [-0.15, -0.1) is 0 Å². The minimum Gasteiger partial charge on any atom is -0.372 e. The van der Waals surface area contributed by atoms with E-state index in [9.17, 15) is 4.79 Å². The van der Waals surface area contributed by atoms with Crippen molar-refractivity contribution in [3.8, 4) is 0 Å². The molecule has 2 aromatic carbocycles. The Morgan fingerprint density at radius 2 is 1.86 bits per heavy atom. The lowest BCUT2D eigenvalue weighted by Crippen LogP contribution is -2.18. The Kier molecular flexibility index (Phi) is 5.70. The number of aromatic nitrogens is 2. The first-order valence-corrected chi connectivity index (χ1v) is 9.96. The number of nitrogens with zero attached hydrogens (tertiary/aromatic N) is 3. The summed E-state index contributed by atoms with van der Waals surface area (Å²) in [5, 5.41) is 6.09. The zero-order valence-corrected chi connectivity index (χ0v) is 16.6. The highest BCUT2D eigenvalue weighted by Gasteiger charge is 2.13. The van der Waals surface area contributed by atoms with Crippen molar-refractivity contribution >= 4 is 23.2 Å². The lowest BCUT2D eigenvalue weighted by Gasteiger charge is -2.17. The number of carbonyl (C=O) groups is 1. The Balaban J connectivity index is 1.37. The Labute approximate surface area is 171 Å². The molecule has 1 saturated heterocycles. The van der Waals surface area contributed by atoms with E-state index in [2.05, 4.69) is 56.7 Å². The van der Waals surface area contributed by atoms with E-state index in [0.717, 1.165) is 24.3 Å². The molecule has 1 amide bonds. The third-order valence-corrected chi connectivity index (χ3v) is 5.02. The first kappa shape index (κ1) is 18.9. The van der Waals surface area contributed by atoms with E-state index in [4.69, 9.17) is 0 Å². The van der Waals surface area contributed by atoms with E-state index in [-0.39, 0.29) is 5.91 Å². The first-order chi connectivity index (χ1) is 14.2. The zero-order chi connectivity index (χ0) is 20.1. The second kappa shape index (κ2) is 8.73. The number of aryl methyl sites for hydroxylation is 1. The molecule has 3 aromatic rings. The van der Waals surface area contributed by atoms with Crippen LogP contribution < -0.4 is 15.5 Å². The van der Waals surface area contributed by atoms with Gasteiger partial charge in [0.05, 0.1) is 0 Å². The molecule has 0 radical (unpaired) electrons. The maximum atomic E-state index is 12.6. The lowest BCUT2D eigenvalue weighted by molar-refractivity contribution is 0.102. The van der Waals surface area contributed by atoms with Gasteiger partial charge in [-0.25, -0.2) is 9.97 Å². The van der Waals surface area contributed by atoms with E-state index in [1.807, 2.05) is 24.3 Å². The Morgan fingerprint density at radius 3 is 2.62 bits per heavy atom. The monoisotopic (exact) mass is 387 g/mol. The van der Waals surface area contributed by atoms with Gasteiger partial charge in [-0.2, -0.15) is 0 Å². The summed E-state index contributed by atoms with van der Waals surface area (Å²) in [5.41, 5.74) is 4.63. The fourth-order valence-corrected chi connectivity index (χ4v) is 3.50. The van der Waals surface area contributed by atoms with Crippen molar-refractivity contribution in [3.05, 3.63) is 77.6 Å². The van der Waals surface area contributed by atoms with Crippen LogP contribution in [-0.4, -0.2) is 29.0 Å².